The minimum Gasteiger partial charge on any atom is -0.481 e. The summed E-state index contributed by atoms with van der Waals surface area (Å²) in [5.41, 5.74) is 2.04. The van der Waals surface area contributed by atoms with Gasteiger partial charge in [-0.3, -0.25) is 9.59 Å². The fraction of sp³-hybridized carbons (Fsp3) is 0.357. The van der Waals surface area contributed by atoms with Crippen LogP contribution < -0.4 is 4.90 Å². The molecular weight excluding hydrogens is 464 g/mol. The van der Waals surface area contributed by atoms with Crippen molar-refractivity contribution in [3.8, 4) is 0 Å². The summed E-state index contributed by atoms with van der Waals surface area (Å²) >= 11 is 6.45. The molecule has 2 unspecified atom stereocenters. The molecule has 0 radical (unpaired) electrons. The molecule has 0 saturated heterocycles. The predicted molar refractivity (Wildman–Crippen MR) is 139 cm³/mol. The molecule has 1 aliphatic heterocycles. The van der Waals surface area contributed by atoms with Crippen molar-refractivity contribution in [1.29, 1.82) is 0 Å². The Labute approximate surface area is 211 Å². The van der Waals surface area contributed by atoms with E-state index >= 15 is 0 Å². The summed E-state index contributed by atoms with van der Waals surface area (Å²) in [6.45, 7) is 5.34. The number of carbonyl (C=O) groups is 2. The lowest BCUT2D eigenvalue weighted by Gasteiger charge is -2.35. The Hall–Kier alpha value is -2.93. The van der Waals surface area contributed by atoms with Crippen molar-refractivity contribution < 1.29 is 19.4 Å². The molecule has 6 nitrogen and oxygen atoms in total. The van der Waals surface area contributed by atoms with Gasteiger partial charge in [-0.1, -0.05) is 67.9 Å². The molecule has 184 valence electrons. The molecule has 0 aliphatic carbocycles. The van der Waals surface area contributed by atoms with Crippen LogP contribution in [0.3, 0.4) is 0 Å². The lowest BCUT2D eigenvalue weighted by atomic mass is 9.90. The van der Waals surface area contributed by atoms with Crippen LogP contribution in [-0.2, 0) is 14.3 Å². The predicted octanol–water partition coefficient (Wildman–Crippen LogP) is 5.38. The monoisotopic (exact) mass is 494 g/mol. The summed E-state index contributed by atoms with van der Waals surface area (Å²) in [6.07, 6.45) is -2.23. The highest BCUT2D eigenvalue weighted by Crippen LogP contribution is 2.42. The van der Waals surface area contributed by atoms with Crippen molar-refractivity contribution in [2.24, 2.45) is 5.41 Å². The van der Waals surface area contributed by atoms with Crippen molar-refractivity contribution in [3.63, 3.8) is 0 Å². The lowest BCUT2D eigenvalue weighted by molar-refractivity contribution is -0.147. The van der Waals surface area contributed by atoms with Crippen LogP contribution in [0.25, 0.3) is 10.8 Å². The molecule has 0 fully saturated rings. The van der Waals surface area contributed by atoms with Crippen LogP contribution in [-0.4, -0.2) is 55.2 Å². The van der Waals surface area contributed by atoms with Gasteiger partial charge in [0.25, 0.3) is 5.91 Å². The molecule has 0 saturated carbocycles. The maximum Gasteiger partial charge on any atom is 0.306 e. The number of fused-ring (bicyclic) bond motifs is 2. The topological polar surface area (TPSA) is 70.1 Å². The molecule has 35 heavy (non-hydrogen) atoms. The molecule has 3 aromatic carbocycles. The van der Waals surface area contributed by atoms with Gasteiger partial charge in [0.15, 0.2) is 0 Å². The van der Waals surface area contributed by atoms with Gasteiger partial charge >= 0.3 is 5.97 Å². The molecule has 0 aromatic heterocycles. The number of anilines is 1. The molecule has 7 heteroatoms. The van der Waals surface area contributed by atoms with Gasteiger partial charge in [0.2, 0.25) is 0 Å². The number of rotatable bonds is 7. The highest BCUT2D eigenvalue weighted by atomic mass is 35.5. The number of carboxylic acid groups (broad SMARTS) is 1. The van der Waals surface area contributed by atoms with E-state index in [1.807, 2.05) is 68.7 Å². The molecule has 4 rings (SSSR count). The third-order valence-electron chi connectivity index (χ3n) is 6.20. The smallest absolute Gasteiger partial charge is 0.306 e. The number of hydrogen-bond donors (Lipinski definition) is 1. The number of hydrogen-bond acceptors (Lipinski definition) is 4. The molecule has 2 atom stereocenters. The van der Waals surface area contributed by atoms with E-state index in [2.05, 4.69) is 18.7 Å². The van der Waals surface area contributed by atoms with Crippen LogP contribution in [0.2, 0.25) is 5.02 Å². The Morgan fingerprint density at radius 3 is 2.51 bits per heavy atom. The molecular formula is C28H31ClN2O4. The quantitative estimate of drug-likeness (QED) is 0.477. The molecule has 3 aromatic rings. The van der Waals surface area contributed by atoms with Gasteiger partial charge in [-0.05, 0) is 54.0 Å². The van der Waals surface area contributed by atoms with Gasteiger partial charge in [0.05, 0.1) is 6.42 Å². The second-order valence-electron chi connectivity index (χ2n) is 10.2. The van der Waals surface area contributed by atoms with Gasteiger partial charge in [0, 0.05) is 29.4 Å². The van der Waals surface area contributed by atoms with E-state index in [0.29, 0.717) is 17.3 Å². The summed E-state index contributed by atoms with van der Waals surface area (Å²) in [4.78, 5) is 29.4. The average Bonchev–Trinajstić information content (AvgIpc) is 2.87. The van der Waals surface area contributed by atoms with Crippen LogP contribution in [0.1, 0.15) is 37.5 Å². The van der Waals surface area contributed by atoms with Crippen molar-refractivity contribution in [1.82, 2.24) is 4.90 Å². The molecule has 1 N–H and O–H groups in total. The minimum absolute atomic E-state index is 0.261. The van der Waals surface area contributed by atoms with Gasteiger partial charge in [-0.2, -0.15) is 0 Å². The van der Waals surface area contributed by atoms with Crippen molar-refractivity contribution in [2.45, 2.75) is 32.5 Å². The standard InChI is InChI=1S/C28H31ClN2O4/c1-28(2,16-30(3)4)17-31-23-13-12-19(29)14-22(23)26(35-24(27(31)34)15-25(32)33)21-11-7-9-18-8-5-6-10-20(18)21/h5-14,24,26H,15-17H2,1-4H3,(H,32,33). The van der Waals surface area contributed by atoms with Crippen LogP contribution in [0.5, 0.6) is 0 Å². The van der Waals surface area contributed by atoms with Crippen molar-refractivity contribution in [3.05, 3.63) is 76.8 Å². The average molecular weight is 495 g/mol. The first kappa shape index (κ1) is 25.2. The number of aliphatic carboxylic acids is 1. The second-order valence-corrected chi connectivity index (χ2v) is 10.6. The van der Waals surface area contributed by atoms with Crippen LogP contribution in [0.4, 0.5) is 5.69 Å². The highest BCUT2D eigenvalue weighted by molar-refractivity contribution is 6.30. The molecule has 0 bridgehead atoms. The van der Waals surface area contributed by atoms with Gasteiger partial charge < -0.3 is 19.6 Å². The number of amides is 1. The second kappa shape index (κ2) is 9.97. The number of carboxylic acids is 1. The van der Waals surface area contributed by atoms with E-state index in [1.165, 1.54) is 0 Å². The zero-order chi connectivity index (χ0) is 25.3. The Kier molecular flexibility index (Phi) is 7.17. The third kappa shape index (κ3) is 5.50. The van der Waals surface area contributed by atoms with E-state index < -0.39 is 24.6 Å². The first-order valence-electron chi connectivity index (χ1n) is 11.7. The van der Waals surface area contributed by atoms with Gasteiger partial charge in [0.1, 0.15) is 12.2 Å². The Morgan fingerprint density at radius 1 is 1.09 bits per heavy atom. The Bertz CT molecular complexity index is 1250. The number of ether oxygens (including phenoxy) is 1. The summed E-state index contributed by atoms with van der Waals surface area (Å²) < 4.78 is 6.39. The molecule has 1 aliphatic rings. The summed E-state index contributed by atoms with van der Waals surface area (Å²) in [5, 5.41) is 12.2. The SMILES string of the molecule is CN(C)CC(C)(C)CN1C(=O)C(CC(=O)O)OC(c2cccc3ccccc23)c2cc(Cl)ccc21. The number of carbonyl (C=O) groups excluding carboxylic acids is 1. The number of halogens is 1. The summed E-state index contributed by atoms with van der Waals surface area (Å²) in [5.74, 6) is -1.44. The van der Waals surface area contributed by atoms with E-state index in [4.69, 9.17) is 16.3 Å². The van der Waals surface area contributed by atoms with Gasteiger partial charge in [-0.15, -0.1) is 0 Å². The number of nitrogens with zero attached hydrogens (tertiary/aromatic N) is 2. The van der Waals surface area contributed by atoms with Crippen molar-refractivity contribution in [2.75, 3.05) is 32.1 Å². The van der Waals surface area contributed by atoms with Crippen LogP contribution >= 0.6 is 11.6 Å². The molecule has 1 heterocycles. The third-order valence-corrected chi connectivity index (χ3v) is 6.44. The summed E-state index contributed by atoms with van der Waals surface area (Å²) in [7, 11) is 3.99. The molecule has 1 amide bonds. The van der Waals surface area contributed by atoms with Crippen LogP contribution in [0, 0.1) is 5.41 Å². The Morgan fingerprint density at radius 2 is 1.80 bits per heavy atom. The van der Waals surface area contributed by atoms with E-state index in [-0.39, 0.29) is 11.3 Å². The Balaban J connectivity index is 1.91. The zero-order valence-electron chi connectivity index (χ0n) is 20.5. The first-order chi connectivity index (χ1) is 16.6. The van der Waals surface area contributed by atoms with E-state index in [0.717, 1.165) is 28.4 Å². The van der Waals surface area contributed by atoms with E-state index in [9.17, 15) is 14.7 Å². The number of benzene rings is 3. The van der Waals surface area contributed by atoms with E-state index in [1.54, 1.807) is 11.0 Å². The fourth-order valence-corrected chi connectivity index (χ4v) is 5.26. The zero-order valence-corrected chi connectivity index (χ0v) is 21.2. The summed E-state index contributed by atoms with van der Waals surface area (Å²) in [6, 6.07) is 19.3. The normalized spacial score (nSPS) is 18.6. The molecule has 0 spiro atoms. The first-order valence-corrected chi connectivity index (χ1v) is 12.0. The maximum atomic E-state index is 13.8. The minimum atomic E-state index is -1.14. The lowest BCUT2D eigenvalue weighted by Crippen LogP contribution is -2.47. The maximum absolute atomic E-state index is 13.8. The fourth-order valence-electron chi connectivity index (χ4n) is 5.08. The highest BCUT2D eigenvalue weighted by Gasteiger charge is 2.40. The largest absolute Gasteiger partial charge is 0.481 e. The van der Waals surface area contributed by atoms with Crippen molar-refractivity contribution >= 4 is 39.9 Å². The van der Waals surface area contributed by atoms with Gasteiger partial charge in [-0.25, -0.2) is 0 Å². The van der Waals surface area contributed by atoms with Crippen LogP contribution in [0.15, 0.2) is 60.7 Å².